The van der Waals surface area contributed by atoms with Gasteiger partial charge in [-0.25, -0.2) is 0 Å². The first-order valence-corrected chi connectivity index (χ1v) is 12.0. The second kappa shape index (κ2) is 9.77. The van der Waals surface area contributed by atoms with Crippen LogP contribution in [0.1, 0.15) is 25.3 Å². The van der Waals surface area contributed by atoms with Crippen LogP contribution in [-0.4, -0.2) is 37.8 Å². The maximum atomic E-state index is 9.92. The minimum atomic E-state index is -0.919. The summed E-state index contributed by atoms with van der Waals surface area (Å²) < 4.78 is 2.58. The second-order valence-corrected chi connectivity index (χ2v) is 9.64. The number of nitrogens with zero attached hydrogens (tertiary/aromatic N) is 1. The third-order valence-corrected chi connectivity index (χ3v) is 6.65. The van der Waals surface area contributed by atoms with Crippen molar-refractivity contribution < 1.29 is 5.11 Å². The van der Waals surface area contributed by atoms with Crippen LogP contribution in [0.5, 0.6) is 0 Å². The zero-order chi connectivity index (χ0) is 17.4. The average Bonchev–Trinajstić information content (AvgIpc) is 2.62. The van der Waals surface area contributed by atoms with Gasteiger partial charge in [0, 0.05) is 6.04 Å². The van der Waals surface area contributed by atoms with Crippen LogP contribution in [0.2, 0.25) is 13.1 Å². The summed E-state index contributed by atoms with van der Waals surface area (Å²) in [6, 6.07) is 19.6. The van der Waals surface area contributed by atoms with E-state index >= 15 is 0 Å². The molecule has 0 saturated heterocycles. The van der Waals surface area contributed by atoms with E-state index in [9.17, 15) is 5.11 Å². The Morgan fingerprint density at radius 3 is 2.12 bits per heavy atom. The van der Waals surface area contributed by atoms with Crippen LogP contribution in [0, 0.1) is 0 Å². The molecular weight excluding hydrogens is 310 g/mol. The Labute approximate surface area is 148 Å². The molecular formula is C21H31NOSi. The third kappa shape index (κ3) is 5.30. The molecule has 0 radical (unpaired) electrons. The van der Waals surface area contributed by atoms with Crippen LogP contribution in [0.25, 0.3) is 11.1 Å². The van der Waals surface area contributed by atoms with Crippen molar-refractivity contribution in [1.82, 2.24) is 4.57 Å². The summed E-state index contributed by atoms with van der Waals surface area (Å²) in [5.74, 6) is 0. The van der Waals surface area contributed by atoms with Gasteiger partial charge in [-0.3, -0.25) is 0 Å². The standard InChI is InChI=1S/C21H31NOSi/c1-4-5-15-22(24(2)3)21(17-23)16-18-11-13-20(14-12-18)19-9-7-6-8-10-19/h6-14,21,23-24H,4-5,15-17H2,1-3H3/t21-/m0/s1. The summed E-state index contributed by atoms with van der Waals surface area (Å²) in [5, 5.41) is 9.92. The van der Waals surface area contributed by atoms with Crippen LogP contribution in [0.4, 0.5) is 0 Å². The molecule has 2 rings (SSSR count). The van der Waals surface area contributed by atoms with E-state index < -0.39 is 8.96 Å². The van der Waals surface area contributed by atoms with Crippen molar-refractivity contribution in [1.29, 1.82) is 0 Å². The number of hydrogen-bond donors (Lipinski definition) is 1. The Hall–Kier alpha value is -1.42. The van der Waals surface area contributed by atoms with Gasteiger partial charge < -0.3 is 9.67 Å². The molecule has 130 valence electrons. The van der Waals surface area contributed by atoms with Crippen molar-refractivity contribution in [3.8, 4) is 11.1 Å². The lowest BCUT2D eigenvalue weighted by Crippen LogP contribution is -2.46. The molecule has 0 saturated carbocycles. The highest BCUT2D eigenvalue weighted by atomic mass is 28.3. The molecule has 24 heavy (non-hydrogen) atoms. The van der Waals surface area contributed by atoms with Crippen molar-refractivity contribution in [2.45, 2.75) is 45.3 Å². The molecule has 2 nitrogen and oxygen atoms in total. The zero-order valence-electron chi connectivity index (χ0n) is 15.3. The van der Waals surface area contributed by atoms with Gasteiger partial charge in [-0.1, -0.05) is 81.0 Å². The fourth-order valence-electron chi connectivity index (χ4n) is 3.23. The molecule has 0 aliphatic rings. The molecule has 1 atom stereocenters. The van der Waals surface area contributed by atoms with Gasteiger partial charge in [0.1, 0.15) is 8.96 Å². The van der Waals surface area contributed by atoms with E-state index in [1.54, 1.807) is 0 Å². The van der Waals surface area contributed by atoms with Crippen molar-refractivity contribution >= 4 is 8.96 Å². The Bertz CT molecular complexity index is 583. The fourth-order valence-corrected chi connectivity index (χ4v) is 4.97. The van der Waals surface area contributed by atoms with E-state index in [2.05, 4.69) is 73.1 Å². The largest absolute Gasteiger partial charge is 0.395 e. The number of rotatable bonds is 9. The Morgan fingerprint density at radius 2 is 1.58 bits per heavy atom. The monoisotopic (exact) mass is 341 g/mol. The molecule has 0 aromatic heterocycles. The molecule has 0 aliphatic carbocycles. The van der Waals surface area contributed by atoms with Gasteiger partial charge in [-0.05, 0) is 36.1 Å². The molecule has 1 N–H and O–H groups in total. The molecule has 2 aromatic rings. The van der Waals surface area contributed by atoms with E-state index in [1.807, 2.05) is 6.07 Å². The lowest BCUT2D eigenvalue weighted by Gasteiger charge is -2.33. The molecule has 0 aliphatic heterocycles. The molecule has 3 heteroatoms. The topological polar surface area (TPSA) is 23.5 Å². The first kappa shape index (κ1) is 18.9. The van der Waals surface area contributed by atoms with E-state index in [-0.39, 0.29) is 12.6 Å². The maximum Gasteiger partial charge on any atom is 0.106 e. The predicted octanol–water partition coefficient (Wildman–Crippen LogP) is 4.34. The summed E-state index contributed by atoms with van der Waals surface area (Å²) >= 11 is 0. The van der Waals surface area contributed by atoms with Gasteiger partial charge in [-0.2, -0.15) is 0 Å². The van der Waals surface area contributed by atoms with E-state index in [1.165, 1.54) is 29.5 Å². The molecule has 0 fully saturated rings. The van der Waals surface area contributed by atoms with Gasteiger partial charge in [-0.15, -0.1) is 0 Å². The first-order valence-electron chi connectivity index (χ1n) is 9.16. The number of benzene rings is 2. The van der Waals surface area contributed by atoms with E-state index in [4.69, 9.17) is 0 Å². The summed E-state index contributed by atoms with van der Waals surface area (Å²) in [4.78, 5) is 0. The van der Waals surface area contributed by atoms with Gasteiger partial charge in [0.15, 0.2) is 0 Å². The normalized spacial score (nSPS) is 12.8. The molecule has 2 aromatic carbocycles. The molecule has 0 spiro atoms. The highest BCUT2D eigenvalue weighted by Gasteiger charge is 2.20. The van der Waals surface area contributed by atoms with Crippen LogP contribution in [0.15, 0.2) is 54.6 Å². The van der Waals surface area contributed by atoms with Crippen molar-refractivity contribution in [3.63, 3.8) is 0 Å². The highest BCUT2D eigenvalue weighted by molar-refractivity contribution is 6.52. The smallest absolute Gasteiger partial charge is 0.106 e. The SMILES string of the molecule is CCCCN([C@H](CO)Cc1ccc(-c2ccccc2)cc1)[SiH](C)C. The fraction of sp³-hybridized carbons (Fsp3) is 0.429. The lowest BCUT2D eigenvalue weighted by molar-refractivity contribution is 0.183. The first-order chi connectivity index (χ1) is 11.7. The Balaban J connectivity index is 2.07. The summed E-state index contributed by atoms with van der Waals surface area (Å²) in [5.41, 5.74) is 3.81. The minimum absolute atomic E-state index is 0.245. The molecule has 0 heterocycles. The maximum absolute atomic E-state index is 9.92. The van der Waals surface area contributed by atoms with Crippen LogP contribution < -0.4 is 0 Å². The van der Waals surface area contributed by atoms with Crippen LogP contribution >= 0.6 is 0 Å². The lowest BCUT2D eigenvalue weighted by atomic mass is 10.0. The van der Waals surface area contributed by atoms with Gasteiger partial charge in [0.2, 0.25) is 0 Å². The van der Waals surface area contributed by atoms with E-state index in [0.717, 1.165) is 13.0 Å². The van der Waals surface area contributed by atoms with Crippen LogP contribution in [-0.2, 0) is 6.42 Å². The quantitative estimate of drug-likeness (QED) is 0.686. The van der Waals surface area contributed by atoms with Crippen molar-refractivity contribution in [3.05, 3.63) is 60.2 Å². The summed E-state index contributed by atoms with van der Waals surface area (Å²) in [6.07, 6.45) is 3.36. The number of hydrogen-bond acceptors (Lipinski definition) is 2. The Kier molecular flexibility index (Phi) is 7.70. The van der Waals surface area contributed by atoms with Gasteiger partial charge >= 0.3 is 0 Å². The third-order valence-electron chi connectivity index (χ3n) is 4.65. The van der Waals surface area contributed by atoms with Crippen molar-refractivity contribution in [2.24, 2.45) is 0 Å². The number of unbranched alkanes of at least 4 members (excludes halogenated alkanes) is 1. The van der Waals surface area contributed by atoms with E-state index in [0.29, 0.717) is 0 Å². The Morgan fingerprint density at radius 1 is 0.958 bits per heavy atom. The number of aliphatic hydroxyl groups is 1. The van der Waals surface area contributed by atoms with Gasteiger partial charge in [0.05, 0.1) is 6.61 Å². The molecule has 0 unspecified atom stereocenters. The highest BCUT2D eigenvalue weighted by Crippen LogP contribution is 2.20. The molecule has 0 amide bonds. The second-order valence-electron chi connectivity index (χ2n) is 6.79. The van der Waals surface area contributed by atoms with Gasteiger partial charge in [0.25, 0.3) is 0 Å². The minimum Gasteiger partial charge on any atom is -0.395 e. The zero-order valence-corrected chi connectivity index (χ0v) is 16.4. The molecule has 0 bridgehead atoms. The average molecular weight is 342 g/mol. The van der Waals surface area contributed by atoms with Crippen LogP contribution in [0.3, 0.4) is 0 Å². The summed E-state index contributed by atoms with van der Waals surface area (Å²) in [7, 11) is -0.919. The summed E-state index contributed by atoms with van der Waals surface area (Å²) in [6.45, 7) is 8.31. The predicted molar refractivity (Wildman–Crippen MR) is 107 cm³/mol. The number of aliphatic hydroxyl groups excluding tert-OH is 1. The van der Waals surface area contributed by atoms with Crippen molar-refractivity contribution in [2.75, 3.05) is 13.2 Å².